The van der Waals surface area contributed by atoms with Crippen LogP contribution >= 0.6 is 11.6 Å². The largest absolute Gasteiger partial charge is 0.395 e. The van der Waals surface area contributed by atoms with Crippen molar-refractivity contribution in [1.82, 2.24) is 15.0 Å². The smallest absolute Gasteiger partial charge is 0.258 e. The molecule has 22 heavy (non-hydrogen) atoms. The Morgan fingerprint density at radius 2 is 2.09 bits per heavy atom. The Hall–Kier alpha value is -1.43. The second-order valence-corrected chi connectivity index (χ2v) is 6.94. The summed E-state index contributed by atoms with van der Waals surface area (Å²) >= 11 is 5.97. The highest BCUT2D eigenvalue weighted by Gasteiger charge is 2.28. The summed E-state index contributed by atoms with van der Waals surface area (Å²) < 4.78 is 5.30. The summed E-state index contributed by atoms with van der Waals surface area (Å²) in [4.78, 5) is 6.43. The van der Waals surface area contributed by atoms with Crippen molar-refractivity contribution >= 4 is 11.6 Å². The minimum absolute atomic E-state index is 0.0145. The fraction of sp³-hybridized carbons (Fsp3) is 0.500. The average molecular weight is 324 g/mol. The number of likely N-dealkylation sites (N-methyl/N-ethyl adjacent to an activating group) is 1. The molecule has 5 nitrogen and oxygen atoms in total. The molecule has 1 heterocycles. The molecule has 0 aliphatic heterocycles. The SMILES string of the molecule is CN(Cc1noc(-c2cccc(Cl)c2)n1)C(CO)C(C)(C)C. The van der Waals surface area contributed by atoms with Crippen LogP contribution in [-0.4, -0.2) is 39.8 Å². The Kier molecular flexibility index (Phi) is 5.21. The molecule has 1 aromatic carbocycles. The van der Waals surface area contributed by atoms with Crippen LogP contribution in [0.2, 0.25) is 5.02 Å². The first-order valence-electron chi connectivity index (χ1n) is 7.21. The van der Waals surface area contributed by atoms with Gasteiger partial charge in [0, 0.05) is 16.6 Å². The third-order valence-electron chi connectivity index (χ3n) is 3.64. The highest BCUT2D eigenvalue weighted by Crippen LogP contribution is 2.25. The number of aliphatic hydroxyl groups excluding tert-OH is 1. The normalized spacial score (nSPS) is 13.6. The zero-order valence-corrected chi connectivity index (χ0v) is 14.1. The van der Waals surface area contributed by atoms with E-state index in [1.54, 1.807) is 12.1 Å². The number of aliphatic hydroxyl groups is 1. The molecule has 6 heteroatoms. The quantitative estimate of drug-likeness (QED) is 0.915. The van der Waals surface area contributed by atoms with Gasteiger partial charge in [-0.1, -0.05) is 43.6 Å². The lowest BCUT2D eigenvalue weighted by Crippen LogP contribution is -2.44. The molecule has 0 radical (unpaired) electrons. The summed E-state index contributed by atoms with van der Waals surface area (Å²) in [5, 5.41) is 14.2. The maximum atomic E-state index is 9.60. The highest BCUT2D eigenvalue weighted by atomic mass is 35.5. The zero-order chi connectivity index (χ0) is 16.3. The summed E-state index contributed by atoms with van der Waals surface area (Å²) in [6.45, 7) is 6.87. The Bertz CT molecular complexity index is 622. The molecule has 0 bridgehead atoms. The lowest BCUT2D eigenvalue weighted by Gasteiger charge is -2.36. The van der Waals surface area contributed by atoms with Gasteiger partial charge in [0.05, 0.1) is 13.2 Å². The number of nitrogens with zero attached hydrogens (tertiary/aromatic N) is 3. The Labute approximate surface area is 135 Å². The number of aromatic nitrogens is 2. The van der Waals surface area contributed by atoms with E-state index in [0.717, 1.165) is 5.56 Å². The Morgan fingerprint density at radius 1 is 1.36 bits per heavy atom. The van der Waals surface area contributed by atoms with Gasteiger partial charge in [0.25, 0.3) is 5.89 Å². The van der Waals surface area contributed by atoms with Gasteiger partial charge in [0.2, 0.25) is 0 Å². The number of benzene rings is 1. The molecule has 0 saturated heterocycles. The maximum absolute atomic E-state index is 9.60. The molecule has 0 spiro atoms. The van der Waals surface area contributed by atoms with E-state index in [1.807, 2.05) is 24.1 Å². The molecule has 0 aliphatic rings. The second-order valence-electron chi connectivity index (χ2n) is 6.51. The standard InChI is InChI=1S/C16H22ClN3O2/c1-16(2,3)13(10-21)20(4)9-14-18-15(22-19-14)11-6-5-7-12(17)8-11/h5-8,13,21H,9-10H2,1-4H3. The van der Waals surface area contributed by atoms with Gasteiger partial charge in [-0.15, -0.1) is 0 Å². The van der Waals surface area contributed by atoms with Crippen LogP contribution in [0.3, 0.4) is 0 Å². The van der Waals surface area contributed by atoms with E-state index in [-0.39, 0.29) is 18.1 Å². The first kappa shape index (κ1) is 16.9. The molecule has 120 valence electrons. The molecule has 0 fully saturated rings. The summed E-state index contributed by atoms with van der Waals surface area (Å²) in [5.74, 6) is 1.03. The molecule has 1 N–H and O–H groups in total. The first-order valence-corrected chi connectivity index (χ1v) is 7.58. The Balaban J connectivity index is 2.12. The van der Waals surface area contributed by atoms with Gasteiger partial charge in [-0.05, 0) is 30.7 Å². The third-order valence-corrected chi connectivity index (χ3v) is 3.87. The highest BCUT2D eigenvalue weighted by molar-refractivity contribution is 6.30. The summed E-state index contributed by atoms with van der Waals surface area (Å²) in [6.07, 6.45) is 0. The summed E-state index contributed by atoms with van der Waals surface area (Å²) in [7, 11) is 1.95. The van der Waals surface area contributed by atoms with Crippen LogP contribution in [0, 0.1) is 5.41 Å². The van der Waals surface area contributed by atoms with Crippen molar-refractivity contribution in [2.24, 2.45) is 5.41 Å². The molecule has 1 unspecified atom stereocenters. The van der Waals surface area contributed by atoms with Gasteiger partial charge < -0.3 is 9.63 Å². The second kappa shape index (κ2) is 6.77. The van der Waals surface area contributed by atoms with Crippen LogP contribution in [0.4, 0.5) is 0 Å². The van der Waals surface area contributed by atoms with Gasteiger partial charge in [0.15, 0.2) is 5.82 Å². The molecule has 0 amide bonds. The number of hydrogen-bond donors (Lipinski definition) is 1. The van der Waals surface area contributed by atoms with Crippen LogP contribution in [0.15, 0.2) is 28.8 Å². The summed E-state index contributed by atoms with van der Waals surface area (Å²) in [6, 6.07) is 7.31. The maximum Gasteiger partial charge on any atom is 0.258 e. The monoisotopic (exact) mass is 323 g/mol. The topological polar surface area (TPSA) is 62.4 Å². The molecule has 2 rings (SSSR count). The predicted molar refractivity (Wildman–Crippen MR) is 86.5 cm³/mol. The van der Waals surface area contributed by atoms with Crippen LogP contribution in [-0.2, 0) is 6.54 Å². The molecule has 0 aliphatic carbocycles. The van der Waals surface area contributed by atoms with Crippen LogP contribution in [0.5, 0.6) is 0 Å². The van der Waals surface area contributed by atoms with E-state index in [0.29, 0.717) is 23.3 Å². The number of hydrogen-bond acceptors (Lipinski definition) is 5. The molecular formula is C16H22ClN3O2. The van der Waals surface area contributed by atoms with Crippen molar-refractivity contribution in [3.05, 3.63) is 35.1 Å². The van der Waals surface area contributed by atoms with Crippen LogP contribution in [0.1, 0.15) is 26.6 Å². The van der Waals surface area contributed by atoms with Gasteiger partial charge in [0.1, 0.15) is 0 Å². The fourth-order valence-electron chi connectivity index (χ4n) is 2.46. The van der Waals surface area contributed by atoms with E-state index < -0.39 is 0 Å². The number of rotatable bonds is 5. The fourth-order valence-corrected chi connectivity index (χ4v) is 2.65. The number of halogens is 1. The lowest BCUT2D eigenvalue weighted by molar-refractivity contribution is 0.0593. The van der Waals surface area contributed by atoms with Crippen molar-refractivity contribution in [1.29, 1.82) is 0 Å². The lowest BCUT2D eigenvalue weighted by atomic mass is 9.86. The molecular weight excluding hydrogens is 302 g/mol. The average Bonchev–Trinajstić information content (AvgIpc) is 2.86. The van der Waals surface area contributed by atoms with Gasteiger partial charge in [-0.3, -0.25) is 4.90 Å². The van der Waals surface area contributed by atoms with Crippen molar-refractivity contribution in [2.45, 2.75) is 33.4 Å². The van der Waals surface area contributed by atoms with Gasteiger partial charge in [-0.2, -0.15) is 4.98 Å². The van der Waals surface area contributed by atoms with E-state index in [1.165, 1.54) is 0 Å². The van der Waals surface area contributed by atoms with Gasteiger partial charge in [-0.25, -0.2) is 0 Å². The molecule has 0 saturated carbocycles. The third kappa shape index (κ3) is 4.06. The molecule has 1 aromatic heterocycles. The van der Waals surface area contributed by atoms with Crippen molar-refractivity contribution in [3.8, 4) is 11.5 Å². The van der Waals surface area contributed by atoms with Crippen LogP contribution < -0.4 is 0 Å². The minimum atomic E-state index is -0.0387. The van der Waals surface area contributed by atoms with Crippen molar-refractivity contribution in [3.63, 3.8) is 0 Å². The van der Waals surface area contributed by atoms with E-state index in [9.17, 15) is 5.11 Å². The molecule has 1 atom stereocenters. The minimum Gasteiger partial charge on any atom is -0.395 e. The predicted octanol–water partition coefficient (Wildman–Crippen LogP) is 3.23. The summed E-state index contributed by atoms with van der Waals surface area (Å²) in [5.41, 5.74) is 0.756. The van der Waals surface area contributed by atoms with Crippen molar-refractivity contribution in [2.75, 3.05) is 13.7 Å². The van der Waals surface area contributed by atoms with Gasteiger partial charge >= 0.3 is 0 Å². The zero-order valence-electron chi connectivity index (χ0n) is 13.4. The van der Waals surface area contributed by atoms with E-state index >= 15 is 0 Å². The van der Waals surface area contributed by atoms with Crippen LogP contribution in [0.25, 0.3) is 11.5 Å². The Morgan fingerprint density at radius 3 is 2.68 bits per heavy atom. The van der Waals surface area contributed by atoms with E-state index in [4.69, 9.17) is 16.1 Å². The van der Waals surface area contributed by atoms with Crippen molar-refractivity contribution < 1.29 is 9.63 Å². The molecule has 2 aromatic rings. The van der Waals surface area contributed by atoms with E-state index in [2.05, 4.69) is 30.9 Å². The first-order chi connectivity index (χ1) is 10.3.